The molecular weight excluding hydrogens is 500 g/mol. The molecule has 4 aromatic rings. The lowest BCUT2D eigenvalue weighted by Gasteiger charge is -2.23. The Morgan fingerprint density at radius 2 is 2.00 bits per heavy atom. The van der Waals surface area contributed by atoms with Crippen molar-refractivity contribution < 1.29 is 23.7 Å². The number of aromatic nitrogens is 4. The zero-order valence-corrected chi connectivity index (χ0v) is 22.5. The summed E-state index contributed by atoms with van der Waals surface area (Å²) in [5, 5.41) is 3.99. The predicted molar refractivity (Wildman–Crippen MR) is 147 cm³/mol. The molecule has 1 aliphatic rings. The molecule has 11 heteroatoms. The average molecular weight is 533 g/mol. The van der Waals surface area contributed by atoms with Gasteiger partial charge in [0.05, 0.1) is 38.0 Å². The maximum absolute atomic E-state index is 12.4. The summed E-state index contributed by atoms with van der Waals surface area (Å²) < 4.78 is 23.0. The number of rotatable bonds is 9. The first kappa shape index (κ1) is 26.2. The molecule has 1 aromatic carbocycles. The molecular formula is C28H32N6O5. The average Bonchev–Trinajstić information content (AvgIpc) is 3.38. The van der Waals surface area contributed by atoms with E-state index in [2.05, 4.69) is 15.3 Å². The van der Waals surface area contributed by atoms with Gasteiger partial charge >= 0.3 is 0 Å². The maximum atomic E-state index is 12.4. The number of pyridine rings is 1. The second-order valence-corrected chi connectivity index (χ2v) is 9.27. The number of nitrogens with zero attached hydrogens (tertiary/aromatic N) is 4. The Bertz CT molecular complexity index is 1450. The number of fused-ring (bicyclic) bond motifs is 1. The summed E-state index contributed by atoms with van der Waals surface area (Å²) in [7, 11) is 4.96. The number of ether oxygens (including phenoxy) is 4. The predicted octanol–water partition coefficient (Wildman–Crippen LogP) is 4.43. The van der Waals surface area contributed by atoms with Crippen LogP contribution in [0.25, 0.3) is 22.2 Å². The van der Waals surface area contributed by atoms with Gasteiger partial charge in [0.2, 0.25) is 17.7 Å². The van der Waals surface area contributed by atoms with Crippen LogP contribution in [0.2, 0.25) is 0 Å². The molecule has 1 saturated heterocycles. The van der Waals surface area contributed by atoms with Gasteiger partial charge in [0.1, 0.15) is 17.5 Å². The van der Waals surface area contributed by atoms with Crippen molar-refractivity contribution in [3.8, 4) is 28.6 Å². The normalized spacial score (nSPS) is 13.7. The minimum absolute atomic E-state index is 0.0308. The molecule has 1 amide bonds. The summed E-state index contributed by atoms with van der Waals surface area (Å²) in [6.45, 7) is 3.75. The van der Waals surface area contributed by atoms with Crippen LogP contribution in [0.4, 0.5) is 11.6 Å². The molecule has 0 spiro atoms. The Balaban J connectivity index is 1.53. The number of carbonyl (C=O) groups excluding carboxylic acids is 1. The lowest BCUT2D eigenvalue weighted by Crippen LogP contribution is -2.26. The Hall–Kier alpha value is -4.38. The highest BCUT2D eigenvalue weighted by molar-refractivity contribution is 5.98. The van der Waals surface area contributed by atoms with Crippen LogP contribution in [0.1, 0.15) is 30.1 Å². The van der Waals surface area contributed by atoms with Gasteiger partial charge in [0, 0.05) is 62.1 Å². The minimum Gasteiger partial charge on any atom is -0.495 e. The van der Waals surface area contributed by atoms with Crippen molar-refractivity contribution in [2.75, 3.05) is 46.3 Å². The fourth-order valence-corrected chi connectivity index (χ4v) is 4.40. The van der Waals surface area contributed by atoms with Crippen LogP contribution >= 0.6 is 0 Å². The molecule has 3 aromatic heterocycles. The Labute approximate surface area is 226 Å². The molecule has 0 unspecified atom stereocenters. The standard InChI is InChI=1S/C28H32N6O5/c1-5-38-23-9-7-18(15-29-23)20-16-30-25-24(20)26(39-19-10-12-37-13-11-19)33-28(32-25)31-21-8-6-17(14-22(21)36-4)27(35)34(2)3/h6-9,14-16,19H,5,10-13H2,1-4H3,(H2,30,31,32,33). The van der Waals surface area contributed by atoms with Crippen molar-refractivity contribution in [3.63, 3.8) is 0 Å². The Kier molecular flexibility index (Phi) is 7.78. The van der Waals surface area contributed by atoms with E-state index in [9.17, 15) is 4.79 Å². The number of carbonyl (C=O) groups is 1. The number of methoxy groups -OCH3 is 1. The van der Waals surface area contributed by atoms with Crippen LogP contribution < -0.4 is 19.5 Å². The van der Waals surface area contributed by atoms with Crippen LogP contribution in [-0.4, -0.2) is 77.9 Å². The third-order valence-corrected chi connectivity index (χ3v) is 6.39. The van der Waals surface area contributed by atoms with Crippen LogP contribution in [0, 0.1) is 0 Å². The number of aromatic amines is 1. The summed E-state index contributed by atoms with van der Waals surface area (Å²) in [6, 6.07) is 8.98. The largest absolute Gasteiger partial charge is 0.495 e. The summed E-state index contributed by atoms with van der Waals surface area (Å²) >= 11 is 0. The summed E-state index contributed by atoms with van der Waals surface area (Å²) in [5.41, 5.74) is 3.50. The molecule has 0 aliphatic carbocycles. The third-order valence-electron chi connectivity index (χ3n) is 6.39. The number of hydrogen-bond acceptors (Lipinski definition) is 9. The number of benzene rings is 1. The zero-order chi connectivity index (χ0) is 27.4. The number of amides is 1. The van der Waals surface area contributed by atoms with Gasteiger partial charge in [-0.2, -0.15) is 9.97 Å². The van der Waals surface area contributed by atoms with E-state index < -0.39 is 0 Å². The number of nitrogens with one attached hydrogen (secondary N) is 2. The van der Waals surface area contributed by atoms with E-state index >= 15 is 0 Å². The van der Waals surface area contributed by atoms with Gasteiger partial charge in [-0.1, -0.05) is 0 Å². The smallest absolute Gasteiger partial charge is 0.253 e. The second kappa shape index (κ2) is 11.6. The van der Waals surface area contributed by atoms with E-state index in [1.165, 1.54) is 4.90 Å². The second-order valence-electron chi connectivity index (χ2n) is 9.27. The Morgan fingerprint density at radius 3 is 2.69 bits per heavy atom. The molecule has 1 aliphatic heterocycles. The van der Waals surface area contributed by atoms with E-state index in [0.717, 1.165) is 29.4 Å². The van der Waals surface area contributed by atoms with Crippen molar-refractivity contribution in [3.05, 3.63) is 48.3 Å². The van der Waals surface area contributed by atoms with E-state index in [0.29, 0.717) is 60.2 Å². The van der Waals surface area contributed by atoms with Gasteiger partial charge in [0.15, 0.2) is 0 Å². The van der Waals surface area contributed by atoms with Gasteiger partial charge in [-0.25, -0.2) is 4.98 Å². The van der Waals surface area contributed by atoms with Gasteiger partial charge < -0.3 is 34.1 Å². The van der Waals surface area contributed by atoms with Gasteiger partial charge in [-0.05, 0) is 31.2 Å². The minimum atomic E-state index is -0.118. The van der Waals surface area contributed by atoms with E-state index in [1.54, 1.807) is 45.6 Å². The highest BCUT2D eigenvalue weighted by Gasteiger charge is 2.22. The highest BCUT2D eigenvalue weighted by atomic mass is 16.5. The van der Waals surface area contributed by atoms with Crippen molar-refractivity contribution in [1.29, 1.82) is 0 Å². The third kappa shape index (κ3) is 5.73. The van der Waals surface area contributed by atoms with Gasteiger partial charge in [0.25, 0.3) is 5.91 Å². The van der Waals surface area contributed by atoms with Crippen molar-refractivity contribution >= 4 is 28.6 Å². The lowest BCUT2D eigenvalue weighted by molar-refractivity contribution is 0.0244. The van der Waals surface area contributed by atoms with Gasteiger partial charge in [-0.15, -0.1) is 0 Å². The first-order chi connectivity index (χ1) is 19.0. The molecule has 0 radical (unpaired) electrons. The molecule has 39 heavy (non-hydrogen) atoms. The number of H-pyrrole nitrogens is 1. The number of hydrogen-bond donors (Lipinski definition) is 2. The topological polar surface area (TPSA) is 124 Å². The lowest BCUT2D eigenvalue weighted by atomic mass is 10.1. The SMILES string of the molecule is CCOc1ccc(-c2c[nH]c3nc(Nc4ccc(C(=O)N(C)C)cc4OC)nc(OC4CCOCC4)c23)cn1. The van der Waals surface area contributed by atoms with Crippen LogP contribution in [0.15, 0.2) is 42.7 Å². The summed E-state index contributed by atoms with van der Waals surface area (Å²) in [4.78, 5) is 31.1. The molecule has 0 atom stereocenters. The van der Waals surface area contributed by atoms with Crippen molar-refractivity contribution in [2.24, 2.45) is 0 Å². The molecule has 0 saturated carbocycles. The van der Waals surface area contributed by atoms with Crippen LogP contribution in [0.3, 0.4) is 0 Å². The van der Waals surface area contributed by atoms with E-state index in [-0.39, 0.29) is 12.0 Å². The molecule has 4 heterocycles. The fourth-order valence-electron chi connectivity index (χ4n) is 4.40. The fraction of sp³-hybridized carbons (Fsp3) is 0.357. The van der Waals surface area contributed by atoms with Gasteiger partial charge in [-0.3, -0.25) is 4.79 Å². The monoisotopic (exact) mass is 532 g/mol. The van der Waals surface area contributed by atoms with Crippen LogP contribution in [0.5, 0.6) is 17.5 Å². The van der Waals surface area contributed by atoms with E-state index in [1.807, 2.05) is 25.3 Å². The first-order valence-electron chi connectivity index (χ1n) is 12.9. The summed E-state index contributed by atoms with van der Waals surface area (Å²) in [6.07, 6.45) is 5.15. The van der Waals surface area contributed by atoms with Crippen molar-refractivity contribution in [1.82, 2.24) is 24.8 Å². The molecule has 11 nitrogen and oxygen atoms in total. The zero-order valence-electron chi connectivity index (χ0n) is 22.5. The number of anilines is 2. The molecule has 1 fully saturated rings. The molecule has 2 N–H and O–H groups in total. The molecule has 204 valence electrons. The Morgan fingerprint density at radius 1 is 1.18 bits per heavy atom. The molecule has 5 rings (SSSR count). The summed E-state index contributed by atoms with van der Waals surface area (Å²) in [5.74, 6) is 1.72. The first-order valence-corrected chi connectivity index (χ1v) is 12.9. The van der Waals surface area contributed by atoms with Crippen LogP contribution in [-0.2, 0) is 4.74 Å². The van der Waals surface area contributed by atoms with E-state index in [4.69, 9.17) is 28.9 Å². The quantitative estimate of drug-likeness (QED) is 0.322. The maximum Gasteiger partial charge on any atom is 0.253 e. The highest BCUT2D eigenvalue weighted by Crippen LogP contribution is 2.37. The molecule has 0 bridgehead atoms. The van der Waals surface area contributed by atoms with Crippen molar-refractivity contribution in [2.45, 2.75) is 25.9 Å².